The third-order valence-electron chi connectivity index (χ3n) is 1.74. The summed E-state index contributed by atoms with van der Waals surface area (Å²) in [6.45, 7) is 2.35. The van der Waals surface area contributed by atoms with Crippen LogP contribution in [0.5, 0.6) is 0 Å². The van der Waals surface area contributed by atoms with Gasteiger partial charge in [-0.3, -0.25) is 14.4 Å². The van der Waals surface area contributed by atoms with Crippen molar-refractivity contribution < 1.29 is 19.5 Å². The molecular formula is C7H11NO4. The van der Waals surface area contributed by atoms with Crippen molar-refractivity contribution in [1.29, 1.82) is 0 Å². The van der Waals surface area contributed by atoms with Crippen LogP contribution in [0.25, 0.3) is 0 Å². The van der Waals surface area contributed by atoms with Crippen LogP contribution in [0.3, 0.4) is 0 Å². The van der Waals surface area contributed by atoms with Gasteiger partial charge in [-0.2, -0.15) is 0 Å². The summed E-state index contributed by atoms with van der Waals surface area (Å²) in [5.74, 6) is -2.60. The molecule has 1 rings (SSSR count). The number of nitrogens with zero attached hydrogens (tertiary/aromatic N) is 1. The minimum Gasteiger partial charge on any atom is -0.481 e. The van der Waals surface area contributed by atoms with Crippen LogP contribution in [0.1, 0.15) is 13.3 Å². The molecule has 0 aromatic heterocycles. The highest BCUT2D eigenvalue weighted by Crippen LogP contribution is 2.09. The zero-order chi connectivity index (χ0) is 9.14. The summed E-state index contributed by atoms with van der Waals surface area (Å²) in [7, 11) is 0. The molecule has 1 fully saturated rings. The largest absolute Gasteiger partial charge is 0.481 e. The number of hydrogen-bond donors (Lipinski definition) is 1. The average molecular weight is 173 g/mol. The van der Waals surface area contributed by atoms with Gasteiger partial charge in [0, 0.05) is 0 Å². The maximum absolute atomic E-state index is 11.2. The Hall–Kier alpha value is -1.10. The number of carbonyl (C=O) groups excluding carboxylic acids is 1. The number of carboxylic acids is 1. The van der Waals surface area contributed by atoms with Crippen LogP contribution in [0.2, 0.25) is 0 Å². The second-order valence-electron chi connectivity index (χ2n) is 2.69. The van der Waals surface area contributed by atoms with Crippen LogP contribution in [-0.4, -0.2) is 35.2 Å². The molecule has 0 radical (unpaired) electrons. The zero-order valence-corrected chi connectivity index (χ0v) is 6.82. The van der Waals surface area contributed by atoms with Crippen LogP contribution in [-0.2, 0) is 14.4 Å². The van der Waals surface area contributed by atoms with E-state index in [0.717, 1.165) is 11.5 Å². The van der Waals surface area contributed by atoms with Crippen LogP contribution in [0, 0.1) is 5.92 Å². The highest BCUT2D eigenvalue weighted by molar-refractivity contribution is 5.96. The Morgan fingerprint density at radius 1 is 1.58 bits per heavy atom. The highest BCUT2D eigenvalue weighted by atomic mass is 16.7. The predicted octanol–water partition coefficient (Wildman–Crippen LogP) is -0.129. The lowest BCUT2D eigenvalue weighted by molar-refractivity contribution is -0.176. The van der Waals surface area contributed by atoms with Gasteiger partial charge in [-0.1, -0.05) is 0 Å². The fourth-order valence-electron chi connectivity index (χ4n) is 0.943. The lowest BCUT2D eigenvalue weighted by atomic mass is 10.2. The van der Waals surface area contributed by atoms with Gasteiger partial charge >= 0.3 is 5.97 Å². The Kier molecular flexibility index (Phi) is 2.65. The monoisotopic (exact) mass is 173 g/mol. The number of carbonyl (C=O) groups is 2. The number of hydroxylamine groups is 2. The second-order valence-corrected chi connectivity index (χ2v) is 2.69. The minimum absolute atomic E-state index is 0.472. The Morgan fingerprint density at radius 3 is 2.67 bits per heavy atom. The summed E-state index contributed by atoms with van der Waals surface area (Å²) in [6.07, 6.45) is 0.776. The minimum atomic E-state index is -1.12. The van der Waals surface area contributed by atoms with Gasteiger partial charge in [0.1, 0.15) is 5.92 Å². The molecule has 1 unspecified atom stereocenters. The predicted molar refractivity (Wildman–Crippen MR) is 39.1 cm³/mol. The number of rotatable bonds is 2. The lowest BCUT2D eigenvalue weighted by Gasteiger charge is -2.15. The quantitative estimate of drug-likeness (QED) is 0.591. The maximum Gasteiger partial charge on any atom is 0.315 e. The van der Waals surface area contributed by atoms with E-state index in [1.165, 1.54) is 6.92 Å². The average Bonchev–Trinajstić information content (AvgIpc) is 2.53. The first kappa shape index (κ1) is 8.99. The molecule has 68 valence electrons. The standard InChI is InChI=1S/C7H11NO4/c1-5(7(10)11)6(9)8-3-2-4-12-8/h5H,2-4H2,1H3,(H,10,11). The molecule has 0 aromatic carbocycles. The van der Waals surface area contributed by atoms with Crippen molar-refractivity contribution in [2.75, 3.05) is 13.2 Å². The van der Waals surface area contributed by atoms with Gasteiger partial charge in [-0.25, -0.2) is 5.06 Å². The second kappa shape index (κ2) is 3.53. The molecule has 1 aliphatic rings. The first-order chi connectivity index (χ1) is 5.63. The number of hydrogen-bond acceptors (Lipinski definition) is 3. The number of amides is 1. The van der Waals surface area contributed by atoms with Crippen molar-refractivity contribution in [1.82, 2.24) is 5.06 Å². The van der Waals surface area contributed by atoms with Crippen molar-refractivity contribution in [2.24, 2.45) is 5.92 Å². The van der Waals surface area contributed by atoms with Crippen molar-refractivity contribution in [2.45, 2.75) is 13.3 Å². The van der Waals surface area contributed by atoms with E-state index in [0.29, 0.717) is 13.2 Å². The van der Waals surface area contributed by atoms with Crippen LogP contribution < -0.4 is 0 Å². The molecule has 1 saturated heterocycles. The summed E-state index contributed by atoms with van der Waals surface area (Å²) in [6, 6.07) is 0. The van der Waals surface area contributed by atoms with E-state index in [1.807, 2.05) is 0 Å². The van der Waals surface area contributed by atoms with Gasteiger partial charge < -0.3 is 5.11 Å². The zero-order valence-electron chi connectivity index (χ0n) is 6.82. The molecule has 0 spiro atoms. The Balaban J connectivity index is 2.51. The van der Waals surface area contributed by atoms with Gasteiger partial charge in [0.15, 0.2) is 0 Å². The highest BCUT2D eigenvalue weighted by Gasteiger charge is 2.28. The number of aliphatic carboxylic acids is 1. The summed E-state index contributed by atoms with van der Waals surface area (Å²) in [4.78, 5) is 26.5. The maximum atomic E-state index is 11.2. The lowest BCUT2D eigenvalue weighted by Crippen LogP contribution is -2.35. The molecule has 5 nitrogen and oxygen atoms in total. The Labute approximate surface area is 69.9 Å². The van der Waals surface area contributed by atoms with Crippen molar-refractivity contribution in [3.63, 3.8) is 0 Å². The summed E-state index contributed by atoms with van der Waals surface area (Å²) < 4.78 is 0. The molecule has 1 N–H and O–H groups in total. The van der Waals surface area contributed by atoms with E-state index in [4.69, 9.17) is 9.94 Å². The SMILES string of the molecule is CC(C(=O)O)C(=O)N1CCCO1. The van der Waals surface area contributed by atoms with E-state index in [2.05, 4.69) is 0 Å². The van der Waals surface area contributed by atoms with Crippen LogP contribution in [0.4, 0.5) is 0 Å². The first-order valence-corrected chi connectivity index (χ1v) is 3.80. The first-order valence-electron chi connectivity index (χ1n) is 3.80. The van der Waals surface area contributed by atoms with Crippen molar-refractivity contribution >= 4 is 11.9 Å². The van der Waals surface area contributed by atoms with Gasteiger partial charge in [0.05, 0.1) is 13.2 Å². The summed E-state index contributed by atoms with van der Waals surface area (Å²) in [5.41, 5.74) is 0. The molecule has 0 aromatic rings. The fourth-order valence-corrected chi connectivity index (χ4v) is 0.943. The number of carboxylic acid groups (broad SMARTS) is 1. The fraction of sp³-hybridized carbons (Fsp3) is 0.714. The summed E-state index contributed by atoms with van der Waals surface area (Å²) in [5, 5.41) is 9.63. The van der Waals surface area contributed by atoms with Gasteiger partial charge in [-0.15, -0.1) is 0 Å². The van der Waals surface area contributed by atoms with Gasteiger partial charge in [-0.05, 0) is 13.3 Å². The van der Waals surface area contributed by atoms with Gasteiger partial charge in [0.2, 0.25) is 0 Å². The molecule has 0 aliphatic carbocycles. The van der Waals surface area contributed by atoms with Gasteiger partial charge in [0.25, 0.3) is 5.91 Å². The molecule has 1 atom stereocenters. The Bertz CT molecular complexity index is 198. The summed E-state index contributed by atoms with van der Waals surface area (Å²) >= 11 is 0. The molecule has 12 heavy (non-hydrogen) atoms. The van der Waals surface area contributed by atoms with Crippen LogP contribution in [0.15, 0.2) is 0 Å². The molecule has 1 heterocycles. The van der Waals surface area contributed by atoms with E-state index < -0.39 is 17.8 Å². The normalized spacial score (nSPS) is 19.2. The van der Waals surface area contributed by atoms with E-state index in [-0.39, 0.29) is 0 Å². The molecule has 0 bridgehead atoms. The van der Waals surface area contributed by atoms with Crippen LogP contribution >= 0.6 is 0 Å². The topological polar surface area (TPSA) is 66.8 Å². The molecular weight excluding hydrogens is 162 g/mol. The van der Waals surface area contributed by atoms with E-state index in [9.17, 15) is 9.59 Å². The molecule has 0 saturated carbocycles. The third kappa shape index (κ3) is 1.73. The molecule has 1 aliphatic heterocycles. The Morgan fingerprint density at radius 2 is 2.25 bits per heavy atom. The van der Waals surface area contributed by atoms with Crippen molar-refractivity contribution in [3.05, 3.63) is 0 Å². The smallest absolute Gasteiger partial charge is 0.315 e. The van der Waals surface area contributed by atoms with E-state index >= 15 is 0 Å². The third-order valence-corrected chi connectivity index (χ3v) is 1.74. The molecule has 5 heteroatoms. The van der Waals surface area contributed by atoms with E-state index in [1.54, 1.807) is 0 Å². The molecule has 1 amide bonds. The van der Waals surface area contributed by atoms with Crippen molar-refractivity contribution in [3.8, 4) is 0 Å².